The Labute approximate surface area is 309 Å². The van der Waals surface area contributed by atoms with Crippen molar-refractivity contribution in [1.29, 1.82) is 0 Å². The number of hydrogen-bond donors (Lipinski definition) is 0. The molecule has 0 saturated heterocycles. The Hall–Kier alpha value is -6.85. The Morgan fingerprint density at radius 1 is 0.377 bits per heavy atom. The number of rotatable bonds is 7. The minimum Gasteiger partial charge on any atom is -0.269 e. The third-order valence-electron chi connectivity index (χ3n) is 9.09. The standard InChI is InChI=1S/C28H16N2O4.C18H15P/c1-3-23(29-25(31)19-9-5-6-10-20(19)26(29)32)17-13-15-18(16-14-17)24(4-2)30-27(33)21-11-7-8-12-22(21)28(30)34;1-4-10-16(11-5-1)19(17-12-6-2-7-13-17)18-14-8-3-9-15-18/h1-2,5-16,23-24H;1-15H. The first-order chi connectivity index (χ1) is 25.9. The second-order valence-electron chi connectivity index (χ2n) is 12.2. The van der Waals surface area contributed by atoms with E-state index >= 15 is 0 Å². The van der Waals surface area contributed by atoms with E-state index in [1.807, 2.05) is 0 Å². The number of amides is 4. The topological polar surface area (TPSA) is 74.8 Å². The van der Waals surface area contributed by atoms with Gasteiger partial charge >= 0.3 is 0 Å². The van der Waals surface area contributed by atoms with E-state index in [4.69, 9.17) is 12.8 Å². The highest BCUT2D eigenvalue weighted by molar-refractivity contribution is 7.79. The van der Waals surface area contributed by atoms with Crippen LogP contribution >= 0.6 is 7.92 Å². The molecule has 2 unspecified atom stereocenters. The zero-order valence-corrected chi connectivity index (χ0v) is 29.3. The molecule has 2 aliphatic rings. The van der Waals surface area contributed by atoms with Crippen LogP contribution in [0.1, 0.15) is 64.6 Å². The zero-order valence-electron chi connectivity index (χ0n) is 28.4. The lowest BCUT2D eigenvalue weighted by molar-refractivity contribution is 0.0602. The van der Waals surface area contributed by atoms with Gasteiger partial charge in [-0.3, -0.25) is 29.0 Å². The van der Waals surface area contributed by atoms with Crippen molar-refractivity contribution in [3.05, 3.63) is 197 Å². The molecule has 0 saturated carbocycles. The van der Waals surface area contributed by atoms with Crippen molar-refractivity contribution in [2.24, 2.45) is 0 Å². The van der Waals surface area contributed by atoms with E-state index in [-0.39, 0.29) is 0 Å². The van der Waals surface area contributed by atoms with E-state index in [0.717, 1.165) is 9.80 Å². The summed E-state index contributed by atoms with van der Waals surface area (Å²) < 4.78 is 0. The molecular formula is C46H31N2O4P. The largest absolute Gasteiger partial charge is 0.269 e. The molecule has 254 valence electrons. The van der Waals surface area contributed by atoms with Crippen LogP contribution in [0.25, 0.3) is 0 Å². The van der Waals surface area contributed by atoms with Gasteiger partial charge in [0, 0.05) is 0 Å². The maximum absolute atomic E-state index is 12.9. The fourth-order valence-electron chi connectivity index (χ4n) is 6.56. The van der Waals surface area contributed by atoms with Crippen LogP contribution in [-0.4, -0.2) is 33.4 Å². The molecule has 2 heterocycles. The van der Waals surface area contributed by atoms with Crippen molar-refractivity contribution < 1.29 is 19.2 Å². The fourth-order valence-corrected chi connectivity index (χ4v) is 8.87. The van der Waals surface area contributed by atoms with E-state index in [2.05, 4.69) is 103 Å². The normalized spacial score (nSPS) is 14.1. The zero-order chi connectivity index (χ0) is 36.9. The first-order valence-corrected chi connectivity index (χ1v) is 18.2. The summed E-state index contributed by atoms with van der Waals surface area (Å²) in [6.45, 7) is 0. The minimum absolute atomic E-state index is 0.308. The molecule has 0 aliphatic carbocycles. The molecule has 2 aliphatic heterocycles. The van der Waals surface area contributed by atoms with Crippen LogP contribution in [0, 0.1) is 24.7 Å². The van der Waals surface area contributed by atoms with E-state index in [1.165, 1.54) is 15.9 Å². The Balaban J connectivity index is 0.000000193. The monoisotopic (exact) mass is 706 g/mol. The molecule has 0 bridgehead atoms. The summed E-state index contributed by atoms with van der Waals surface area (Å²) in [4.78, 5) is 53.5. The van der Waals surface area contributed by atoms with Crippen molar-refractivity contribution in [3.8, 4) is 24.7 Å². The van der Waals surface area contributed by atoms with Gasteiger partial charge in [-0.05, 0) is 59.2 Å². The van der Waals surface area contributed by atoms with Crippen molar-refractivity contribution in [3.63, 3.8) is 0 Å². The van der Waals surface area contributed by atoms with Crippen LogP contribution in [0.2, 0.25) is 0 Å². The van der Waals surface area contributed by atoms with Gasteiger partial charge in [0.05, 0.1) is 22.3 Å². The summed E-state index contributed by atoms with van der Waals surface area (Å²) in [6, 6.07) is 50.2. The minimum atomic E-state index is -0.926. The van der Waals surface area contributed by atoms with E-state index in [9.17, 15) is 19.2 Å². The Morgan fingerprint density at radius 3 is 0.868 bits per heavy atom. The van der Waals surface area contributed by atoms with Crippen LogP contribution < -0.4 is 15.9 Å². The van der Waals surface area contributed by atoms with E-state index in [1.54, 1.807) is 72.8 Å². The summed E-state index contributed by atoms with van der Waals surface area (Å²) in [5.74, 6) is 3.22. The number of fused-ring (bicyclic) bond motifs is 2. The molecule has 4 amide bonds. The van der Waals surface area contributed by atoms with Gasteiger partial charge in [0.2, 0.25) is 0 Å². The van der Waals surface area contributed by atoms with Gasteiger partial charge in [-0.15, -0.1) is 12.8 Å². The number of nitrogens with zero attached hydrogens (tertiary/aromatic N) is 2. The molecule has 0 fully saturated rings. The highest BCUT2D eigenvalue weighted by atomic mass is 31.1. The second-order valence-corrected chi connectivity index (χ2v) is 14.4. The molecule has 6 aromatic carbocycles. The molecule has 53 heavy (non-hydrogen) atoms. The third kappa shape index (κ3) is 6.57. The molecule has 0 aromatic heterocycles. The summed E-state index contributed by atoms with van der Waals surface area (Å²) in [6.07, 6.45) is 11.5. The molecule has 0 radical (unpaired) electrons. The Morgan fingerprint density at radius 2 is 0.623 bits per heavy atom. The molecule has 0 spiro atoms. The fraction of sp³-hybridized carbons (Fsp3) is 0.0435. The quantitative estimate of drug-likeness (QED) is 0.101. The number of hydrogen-bond acceptors (Lipinski definition) is 4. The van der Waals surface area contributed by atoms with Crippen molar-refractivity contribution >= 4 is 47.5 Å². The van der Waals surface area contributed by atoms with Crippen LogP contribution in [0.15, 0.2) is 164 Å². The van der Waals surface area contributed by atoms with E-state index in [0.29, 0.717) is 33.4 Å². The molecule has 7 heteroatoms. The van der Waals surface area contributed by atoms with Crippen molar-refractivity contribution in [2.75, 3.05) is 0 Å². The number of carbonyl (C=O) groups excluding carboxylic acids is 4. The average Bonchev–Trinajstić information content (AvgIpc) is 3.62. The third-order valence-corrected chi connectivity index (χ3v) is 11.5. The van der Waals surface area contributed by atoms with Crippen LogP contribution in [-0.2, 0) is 0 Å². The molecule has 0 N–H and O–H groups in total. The lowest BCUT2D eigenvalue weighted by atomic mass is 10.00. The molecule has 2 atom stereocenters. The van der Waals surface area contributed by atoms with Crippen molar-refractivity contribution in [2.45, 2.75) is 12.1 Å². The predicted octanol–water partition coefficient (Wildman–Crippen LogP) is 7.07. The van der Waals surface area contributed by atoms with Gasteiger partial charge in [-0.1, -0.05) is 151 Å². The second kappa shape index (κ2) is 15.2. The van der Waals surface area contributed by atoms with Gasteiger partial charge in [-0.25, -0.2) is 0 Å². The van der Waals surface area contributed by atoms with E-state index < -0.39 is 43.6 Å². The predicted molar refractivity (Wildman–Crippen MR) is 209 cm³/mol. The average molecular weight is 707 g/mol. The van der Waals surface area contributed by atoms with Gasteiger partial charge < -0.3 is 0 Å². The maximum Gasteiger partial charge on any atom is 0.262 e. The SMILES string of the molecule is C#CC(c1ccc(C(C#C)N2C(=O)c3ccccc3C2=O)cc1)N1C(=O)c2ccccc2C1=O.c1ccc(P(c2ccccc2)c2ccccc2)cc1. The Kier molecular flexibility index (Phi) is 9.91. The summed E-state index contributed by atoms with van der Waals surface area (Å²) in [5, 5.41) is 4.19. The lowest BCUT2D eigenvalue weighted by Gasteiger charge is -2.24. The summed E-state index contributed by atoms with van der Waals surface area (Å²) in [7, 11) is -0.446. The van der Waals surface area contributed by atoms with Crippen molar-refractivity contribution in [1.82, 2.24) is 9.80 Å². The van der Waals surface area contributed by atoms with Gasteiger partial charge in [-0.2, -0.15) is 0 Å². The van der Waals surface area contributed by atoms with Gasteiger partial charge in [0.25, 0.3) is 23.6 Å². The highest BCUT2D eigenvalue weighted by Crippen LogP contribution is 2.35. The number of imide groups is 2. The lowest BCUT2D eigenvalue weighted by Crippen LogP contribution is -2.34. The van der Waals surface area contributed by atoms with Crippen LogP contribution in [0.5, 0.6) is 0 Å². The van der Waals surface area contributed by atoms with Gasteiger partial charge in [0.1, 0.15) is 12.1 Å². The molecule has 8 rings (SSSR count). The molecule has 6 nitrogen and oxygen atoms in total. The maximum atomic E-state index is 12.9. The first-order valence-electron chi connectivity index (χ1n) is 16.8. The summed E-state index contributed by atoms with van der Waals surface area (Å²) >= 11 is 0. The molecule has 6 aromatic rings. The highest BCUT2D eigenvalue weighted by Gasteiger charge is 2.41. The summed E-state index contributed by atoms with van der Waals surface area (Å²) in [5.41, 5.74) is 2.28. The van der Waals surface area contributed by atoms with Gasteiger partial charge in [0.15, 0.2) is 0 Å². The van der Waals surface area contributed by atoms with Crippen LogP contribution in [0.4, 0.5) is 0 Å². The number of terminal acetylenes is 2. The smallest absolute Gasteiger partial charge is 0.262 e. The first kappa shape index (κ1) is 34.6. The number of benzene rings is 6. The Bertz CT molecular complexity index is 2140. The number of carbonyl (C=O) groups is 4. The van der Waals surface area contributed by atoms with Crippen LogP contribution in [0.3, 0.4) is 0 Å². The molecular weight excluding hydrogens is 675 g/mol.